The Hall–Kier alpha value is -1.49. The second kappa shape index (κ2) is 12.8. The Morgan fingerprint density at radius 3 is 2.50 bits per heavy atom. The molecule has 9 atom stereocenters. The molecule has 4 aliphatic rings. The van der Waals surface area contributed by atoms with Crippen molar-refractivity contribution in [3.8, 4) is 0 Å². The summed E-state index contributed by atoms with van der Waals surface area (Å²) in [6.07, 6.45) is 5.21. The number of nitrogens with one attached hydrogen (secondary N) is 5. The quantitative estimate of drug-likeness (QED) is 0.313. The molecule has 3 aliphatic heterocycles. The van der Waals surface area contributed by atoms with Gasteiger partial charge in [-0.1, -0.05) is 0 Å². The maximum Gasteiger partial charge on any atom is 0.237 e. The molecule has 1 saturated carbocycles. The van der Waals surface area contributed by atoms with Crippen molar-refractivity contribution in [2.75, 3.05) is 33.9 Å². The number of amides is 1. The van der Waals surface area contributed by atoms with E-state index in [9.17, 15) is 9.18 Å². The third-order valence-corrected chi connectivity index (χ3v) is 8.88. The highest BCUT2D eigenvalue weighted by Crippen LogP contribution is 2.33. The summed E-state index contributed by atoms with van der Waals surface area (Å²) in [5.74, 6) is 1.84. The van der Waals surface area contributed by atoms with E-state index in [2.05, 4.69) is 45.4 Å². The third-order valence-electron chi connectivity index (χ3n) is 8.88. The lowest BCUT2D eigenvalue weighted by atomic mass is 9.76. The van der Waals surface area contributed by atoms with Crippen LogP contribution in [0, 0.1) is 17.8 Å². The number of hydrogen-bond donors (Lipinski definition) is 5. The Morgan fingerprint density at radius 2 is 1.86 bits per heavy atom. The van der Waals surface area contributed by atoms with Crippen LogP contribution in [0.4, 0.5) is 4.39 Å². The fraction of sp³-hybridized carbons (Fsp3) is 0.923. The molecule has 206 valence electrons. The lowest BCUT2D eigenvalue weighted by Gasteiger charge is -2.44. The number of carbonyl (C=O) groups is 1. The van der Waals surface area contributed by atoms with Crippen LogP contribution in [0.2, 0.25) is 0 Å². The number of hydrogen-bond acceptors (Lipinski definition) is 8. The first-order valence-electron chi connectivity index (χ1n) is 13.9. The lowest BCUT2D eigenvalue weighted by Crippen LogP contribution is -2.61. The molecule has 9 unspecified atom stereocenters. The summed E-state index contributed by atoms with van der Waals surface area (Å²) in [7, 11) is 3.50. The van der Waals surface area contributed by atoms with Crippen molar-refractivity contribution in [1.29, 1.82) is 0 Å². The zero-order valence-electron chi connectivity index (χ0n) is 22.4. The summed E-state index contributed by atoms with van der Waals surface area (Å²) < 4.78 is 25.2. The van der Waals surface area contributed by atoms with Crippen molar-refractivity contribution in [1.82, 2.24) is 26.6 Å². The van der Waals surface area contributed by atoms with Crippen LogP contribution in [0.3, 0.4) is 0 Å². The number of alkyl halides is 1. The minimum Gasteiger partial charge on any atom is -0.381 e. The van der Waals surface area contributed by atoms with Crippen LogP contribution in [0.1, 0.15) is 58.8 Å². The van der Waals surface area contributed by atoms with E-state index in [1.807, 2.05) is 0 Å². The van der Waals surface area contributed by atoms with E-state index in [1.165, 1.54) is 0 Å². The first-order chi connectivity index (χ1) is 17.4. The highest BCUT2D eigenvalue weighted by atomic mass is 19.1. The largest absolute Gasteiger partial charge is 0.381 e. The predicted molar refractivity (Wildman–Crippen MR) is 139 cm³/mol. The SMILES string of the molecule is COC1CC(OC)CC(C(C)NC(=O)C2CC(CNC3=NCCN3)CC(C3CCC(F)NC3C)N2)C1. The molecule has 0 aromatic carbocycles. The molecule has 0 spiro atoms. The highest BCUT2D eigenvalue weighted by Gasteiger charge is 2.41. The number of methoxy groups -OCH3 is 2. The van der Waals surface area contributed by atoms with Gasteiger partial charge in [-0.25, -0.2) is 4.39 Å². The second-order valence-corrected chi connectivity index (χ2v) is 11.3. The zero-order valence-corrected chi connectivity index (χ0v) is 22.4. The average molecular weight is 511 g/mol. The van der Waals surface area contributed by atoms with Crippen molar-refractivity contribution in [2.24, 2.45) is 22.7 Å². The minimum absolute atomic E-state index is 0.0338. The first kappa shape index (κ1) is 27.5. The van der Waals surface area contributed by atoms with Crippen molar-refractivity contribution in [3.63, 3.8) is 0 Å². The topological polar surface area (TPSA) is 108 Å². The second-order valence-electron chi connectivity index (χ2n) is 11.3. The van der Waals surface area contributed by atoms with Gasteiger partial charge in [0.1, 0.15) is 0 Å². The van der Waals surface area contributed by atoms with Gasteiger partial charge in [0.2, 0.25) is 5.91 Å². The van der Waals surface area contributed by atoms with Crippen molar-refractivity contribution >= 4 is 11.9 Å². The third kappa shape index (κ3) is 7.08. The highest BCUT2D eigenvalue weighted by molar-refractivity contribution is 5.82. The van der Waals surface area contributed by atoms with E-state index >= 15 is 0 Å². The Bertz CT molecular complexity index is 745. The molecule has 10 heteroatoms. The molecule has 4 rings (SSSR count). The molecule has 9 nitrogen and oxygen atoms in total. The van der Waals surface area contributed by atoms with E-state index in [-0.39, 0.29) is 48.2 Å². The van der Waals surface area contributed by atoms with Gasteiger partial charge in [0.25, 0.3) is 0 Å². The molecule has 2 saturated heterocycles. The molecule has 0 aromatic heterocycles. The number of ether oxygens (including phenoxy) is 2. The zero-order chi connectivity index (χ0) is 25.7. The van der Waals surface area contributed by atoms with Gasteiger partial charge in [-0.05, 0) is 76.5 Å². The maximum absolute atomic E-state index is 13.9. The molecule has 0 radical (unpaired) electrons. The van der Waals surface area contributed by atoms with Crippen molar-refractivity contribution in [3.05, 3.63) is 0 Å². The Labute approximate surface area is 215 Å². The number of halogens is 1. The smallest absolute Gasteiger partial charge is 0.237 e. The molecule has 36 heavy (non-hydrogen) atoms. The Morgan fingerprint density at radius 1 is 1.11 bits per heavy atom. The van der Waals surface area contributed by atoms with Crippen LogP contribution in [-0.4, -0.2) is 88.4 Å². The Balaban J connectivity index is 1.39. The average Bonchev–Trinajstić information content (AvgIpc) is 3.40. The Kier molecular flexibility index (Phi) is 9.83. The van der Waals surface area contributed by atoms with Crippen LogP contribution < -0.4 is 26.6 Å². The number of guanidine groups is 1. The van der Waals surface area contributed by atoms with Gasteiger partial charge in [-0.2, -0.15) is 0 Å². The minimum atomic E-state index is -0.939. The van der Waals surface area contributed by atoms with E-state index in [1.54, 1.807) is 14.2 Å². The van der Waals surface area contributed by atoms with Crippen LogP contribution in [-0.2, 0) is 14.3 Å². The predicted octanol–water partition coefficient (Wildman–Crippen LogP) is 1.29. The molecule has 1 amide bonds. The molecule has 5 N–H and O–H groups in total. The van der Waals surface area contributed by atoms with Gasteiger partial charge in [0.05, 0.1) is 24.8 Å². The maximum atomic E-state index is 13.9. The molecule has 3 heterocycles. The van der Waals surface area contributed by atoms with Gasteiger partial charge in [0, 0.05) is 45.4 Å². The monoisotopic (exact) mass is 510 g/mol. The van der Waals surface area contributed by atoms with Crippen molar-refractivity contribution in [2.45, 2.75) is 101 Å². The fourth-order valence-corrected chi connectivity index (χ4v) is 6.71. The van der Waals surface area contributed by atoms with Crippen LogP contribution in [0.5, 0.6) is 0 Å². The van der Waals surface area contributed by atoms with Crippen LogP contribution >= 0.6 is 0 Å². The molecular weight excluding hydrogens is 463 g/mol. The van der Waals surface area contributed by atoms with E-state index in [0.29, 0.717) is 18.3 Å². The molecule has 3 fully saturated rings. The summed E-state index contributed by atoms with van der Waals surface area (Å²) in [6, 6.07) is -0.00515. The summed E-state index contributed by atoms with van der Waals surface area (Å²) in [6.45, 7) is 6.60. The van der Waals surface area contributed by atoms with Crippen LogP contribution in [0.25, 0.3) is 0 Å². The fourth-order valence-electron chi connectivity index (χ4n) is 6.71. The number of piperidine rings is 2. The van der Waals surface area contributed by atoms with Gasteiger partial charge < -0.3 is 30.7 Å². The number of rotatable bonds is 8. The van der Waals surface area contributed by atoms with E-state index in [4.69, 9.17) is 9.47 Å². The van der Waals surface area contributed by atoms with Gasteiger partial charge in [0.15, 0.2) is 12.3 Å². The standard InChI is InChI=1S/C26H47FN6O3/c1-15(18-11-19(35-3)13-20(12-18)36-4)32-25(34)23-10-17(14-30-26-28-7-8-29-26)9-22(33-23)21-5-6-24(27)31-16(21)2/h15-24,31,33H,5-14H2,1-4H3,(H,32,34)(H2,28,29,30). The van der Waals surface area contributed by atoms with Crippen LogP contribution in [0.15, 0.2) is 4.99 Å². The number of aliphatic imine (C=N–C) groups is 1. The van der Waals surface area contributed by atoms with E-state index in [0.717, 1.165) is 64.1 Å². The normalized spacial score (nSPS) is 40.1. The molecule has 0 bridgehead atoms. The van der Waals surface area contributed by atoms with E-state index < -0.39 is 6.30 Å². The van der Waals surface area contributed by atoms with Gasteiger partial charge in [-0.3, -0.25) is 15.1 Å². The van der Waals surface area contributed by atoms with Gasteiger partial charge in [-0.15, -0.1) is 0 Å². The lowest BCUT2D eigenvalue weighted by molar-refractivity contribution is -0.126. The number of nitrogens with zero attached hydrogens (tertiary/aromatic N) is 1. The summed E-state index contributed by atoms with van der Waals surface area (Å²) in [4.78, 5) is 18.0. The van der Waals surface area contributed by atoms with Gasteiger partial charge >= 0.3 is 0 Å². The summed E-state index contributed by atoms with van der Waals surface area (Å²) in [5.41, 5.74) is 0. The molecule has 0 aromatic rings. The summed E-state index contributed by atoms with van der Waals surface area (Å²) in [5, 5.41) is 16.8. The van der Waals surface area contributed by atoms with Crippen molar-refractivity contribution < 1.29 is 18.7 Å². The number of carbonyl (C=O) groups excluding carboxylic acids is 1. The molecular formula is C26H47FN6O3. The molecule has 1 aliphatic carbocycles. The first-order valence-corrected chi connectivity index (χ1v) is 13.9. The summed E-state index contributed by atoms with van der Waals surface area (Å²) >= 11 is 0.